The highest BCUT2D eigenvalue weighted by Gasteiger charge is 2.10. The van der Waals surface area contributed by atoms with Crippen LogP contribution in [0.25, 0.3) is 10.1 Å². The third kappa shape index (κ3) is 2.72. The third-order valence-corrected chi connectivity index (χ3v) is 3.37. The molecular formula is C13H14N2OS. The normalized spacial score (nSPS) is 11.1. The van der Waals surface area contributed by atoms with E-state index in [1.54, 1.807) is 11.3 Å². The summed E-state index contributed by atoms with van der Waals surface area (Å²) in [4.78, 5) is 11.9. The Morgan fingerprint density at radius 3 is 3.00 bits per heavy atom. The van der Waals surface area contributed by atoms with Gasteiger partial charge in [-0.25, -0.2) is 0 Å². The van der Waals surface area contributed by atoms with Crippen LogP contribution in [0.2, 0.25) is 0 Å². The van der Waals surface area contributed by atoms with E-state index in [2.05, 4.69) is 5.32 Å². The molecular weight excluding hydrogens is 232 g/mol. The number of carbonyl (C=O) groups is 1. The average Bonchev–Trinajstić information content (AvgIpc) is 2.78. The van der Waals surface area contributed by atoms with Gasteiger partial charge in [-0.2, -0.15) is 0 Å². The van der Waals surface area contributed by atoms with Gasteiger partial charge >= 0.3 is 0 Å². The fourth-order valence-electron chi connectivity index (χ4n) is 1.58. The summed E-state index contributed by atoms with van der Waals surface area (Å²) in [6, 6.07) is 7.91. The van der Waals surface area contributed by atoms with E-state index >= 15 is 0 Å². The lowest BCUT2D eigenvalue weighted by molar-refractivity contribution is 0.0960. The van der Waals surface area contributed by atoms with Crippen molar-refractivity contribution in [3.8, 4) is 0 Å². The third-order valence-electron chi connectivity index (χ3n) is 2.41. The maximum Gasteiger partial charge on any atom is 0.253 e. The Kier molecular flexibility index (Phi) is 3.90. The second kappa shape index (κ2) is 5.61. The van der Waals surface area contributed by atoms with E-state index in [0.717, 1.165) is 15.6 Å². The van der Waals surface area contributed by atoms with Crippen molar-refractivity contribution in [1.82, 2.24) is 5.32 Å². The van der Waals surface area contributed by atoms with E-state index in [1.165, 1.54) is 0 Å². The van der Waals surface area contributed by atoms with Crippen molar-refractivity contribution in [2.24, 2.45) is 5.73 Å². The van der Waals surface area contributed by atoms with Crippen LogP contribution in [-0.2, 0) is 0 Å². The maximum absolute atomic E-state index is 11.9. The number of nitrogens with two attached hydrogens (primary N) is 1. The Labute approximate surface area is 104 Å². The summed E-state index contributed by atoms with van der Waals surface area (Å²) in [6.45, 7) is 1.01. The van der Waals surface area contributed by atoms with Crippen molar-refractivity contribution in [3.05, 3.63) is 47.4 Å². The number of carbonyl (C=O) groups excluding carboxylic acids is 1. The van der Waals surface area contributed by atoms with E-state index in [4.69, 9.17) is 5.73 Å². The second-order valence-corrected chi connectivity index (χ2v) is 4.47. The van der Waals surface area contributed by atoms with Crippen molar-refractivity contribution in [2.45, 2.75) is 0 Å². The molecule has 0 saturated carbocycles. The fourth-order valence-corrected chi connectivity index (χ4v) is 2.52. The molecule has 0 aliphatic heterocycles. The number of hydrogen-bond donors (Lipinski definition) is 2. The molecule has 0 atom stereocenters. The smallest absolute Gasteiger partial charge is 0.253 e. The summed E-state index contributed by atoms with van der Waals surface area (Å²) in [6.07, 6.45) is 3.68. The minimum absolute atomic E-state index is 0.0379. The molecule has 88 valence electrons. The summed E-state index contributed by atoms with van der Waals surface area (Å²) in [5, 5.41) is 5.74. The van der Waals surface area contributed by atoms with Crippen LogP contribution in [0.3, 0.4) is 0 Å². The maximum atomic E-state index is 11.9. The summed E-state index contributed by atoms with van der Waals surface area (Å²) in [5.41, 5.74) is 6.06. The van der Waals surface area contributed by atoms with Crippen molar-refractivity contribution in [1.29, 1.82) is 0 Å². The van der Waals surface area contributed by atoms with E-state index in [1.807, 2.05) is 41.8 Å². The van der Waals surface area contributed by atoms with Gasteiger partial charge in [0.2, 0.25) is 0 Å². The standard InChI is InChI=1S/C13H14N2OS/c14-7-3-4-8-15-13(16)11-9-17-12-6-2-1-5-10(11)12/h1-6,9H,7-8,14H2,(H,15,16)/b4-3+. The zero-order valence-corrected chi connectivity index (χ0v) is 10.2. The molecule has 0 aliphatic rings. The molecule has 1 heterocycles. The Balaban J connectivity index is 2.11. The highest BCUT2D eigenvalue weighted by Crippen LogP contribution is 2.25. The molecule has 0 aliphatic carbocycles. The molecule has 0 bridgehead atoms. The highest BCUT2D eigenvalue weighted by atomic mass is 32.1. The molecule has 3 nitrogen and oxygen atoms in total. The number of rotatable bonds is 4. The van der Waals surface area contributed by atoms with Gasteiger partial charge in [-0.15, -0.1) is 11.3 Å². The fraction of sp³-hybridized carbons (Fsp3) is 0.154. The lowest BCUT2D eigenvalue weighted by atomic mass is 10.1. The van der Waals surface area contributed by atoms with Crippen molar-refractivity contribution in [3.63, 3.8) is 0 Å². The van der Waals surface area contributed by atoms with Crippen LogP contribution < -0.4 is 11.1 Å². The molecule has 1 amide bonds. The number of amides is 1. The predicted octanol–water partition coefficient (Wildman–Crippen LogP) is 2.15. The molecule has 3 N–H and O–H groups in total. The number of hydrogen-bond acceptors (Lipinski definition) is 3. The average molecular weight is 246 g/mol. The van der Waals surface area contributed by atoms with Gasteiger partial charge in [0.05, 0.1) is 5.56 Å². The van der Waals surface area contributed by atoms with E-state index in [-0.39, 0.29) is 5.91 Å². The molecule has 0 unspecified atom stereocenters. The summed E-state index contributed by atoms with van der Waals surface area (Å²) < 4.78 is 1.13. The SMILES string of the molecule is NC/C=C/CNC(=O)c1csc2ccccc12. The van der Waals surface area contributed by atoms with Crippen LogP contribution in [0.5, 0.6) is 0 Å². The van der Waals surface area contributed by atoms with Crippen LogP contribution in [0.1, 0.15) is 10.4 Å². The first-order valence-corrected chi connectivity index (χ1v) is 6.30. The molecule has 1 aromatic heterocycles. The molecule has 1 aromatic carbocycles. The van der Waals surface area contributed by atoms with Gasteiger partial charge in [0, 0.05) is 28.6 Å². The summed E-state index contributed by atoms with van der Waals surface area (Å²) in [5.74, 6) is -0.0379. The minimum atomic E-state index is -0.0379. The zero-order chi connectivity index (χ0) is 12.1. The topological polar surface area (TPSA) is 55.1 Å². The molecule has 0 saturated heterocycles. The predicted molar refractivity (Wildman–Crippen MR) is 72.4 cm³/mol. The monoisotopic (exact) mass is 246 g/mol. The van der Waals surface area contributed by atoms with Crippen LogP contribution in [0.4, 0.5) is 0 Å². The number of fused-ring (bicyclic) bond motifs is 1. The second-order valence-electron chi connectivity index (χ2n) is 3.56. The van der Waals surface area contributed by atoms with Crippen molar-refractivity contribution < 1.29 is 4.79 Å². The number of thiophene rings is 1. The highest BCUT2D eigenvalue weighted by molar-refractivity contribution is 7.17. The largest absolute Gasteiger partial charge is 0.349 e. The number of nitrogens with one attached hydrogen (secondary N) is 1. The summed E-state index contributed by atoms with van der Waals surface area (Å²) >= 11 is 1.59. The first-order chi connectivity index (χ1) is 8.33. The molecule has 17 heavy (non-hydrogen) atoms. The van der Waals surface area contributed by atoms with Gasteiger partial charge < -0.3 is 11.1 Å². The molecule has 0 fully saturated rings. The van der Waals surface area contributed by atoms with Gasteiger partial charge in [0.25, 0.3) is 5.91 Å². The summed E-state index contributed by atoms with van der Waals surface area (Å²) in [7, 11) is 0. The lowest BCUT2D eigenvalue weighted by Gasteiger charge is -2.00. The Morgan fingerprint density at radius 2 is 2.18 bits per heavy atom. The van der Waals surface area contributed by atoms with E-state index < -0.39 is 0 Å². The van der Waals surface area contributed by atoms with Crippen LogP contribution >= 0.6 is 11.3 Å². The van der Waals surface area contributed by atoms with E-state index in [9.17, 15) is 4.79 Å². The zero-order valence-electron chi connectivity index (χ0n) is 9.35. The molecule has 0 radical (unpaired) electrons. The first-order valence-electron chi connectivity index (χ1n) is 5.42. The Bertz CT molecular complexity index is 545. The molecule has 2 rings (SSSR count). The molecule has 4 heteroatoms. The van der Waals surface area contributed by atoms with Gasteiger partial charge in [-0.1, -0.05) is 30.4 Å². The molecule has 0 spiro atoms. The van der Waals surface area contributed by atoms with Gasteiger partial charge in [-0.3, -0.25) is 4.79 Å². The Hall–Kier alpha value is -1.65. The van der Waals surface area contributed by atoms with Crippen molar-refractivity contribution >= 4 is 27.3 Å². The van der Waals surface area contributed by atoms with Crippen LogP contribution in [0.15, 0.2) is 41.8 Å². The first kappa shape index (κ1) is 11.8. The van der Waals surface area contributed by atoms with E-state index in [0.29, 0.717) is 13.1 Å². The lowest BCUT2D eigenvalue weighted by Crippen LogP contribution is -2.23. The number of benzene rings is 1. The van der Waals surface area contributed by atoms with Gasteiger partial charge in [-0.05, 0) is 6.07 Å². The minimum Gasteiger partial charge on any atom is -0.349 e. The van der Waals surface area contributed by atoms with Crippen molar-refractivity contribution in [2.75, 3.05) is 13.1 Å². The van der Waals surface area contributed by atoms with Gasteiger partial charge in [0.15, 0.2) is 0 Å². The Morgan fingerprint density at radius 1 is 1.35 bits per heavy atom. The van der Waals surface area contributed by atoms with Gasteiger partial charge in [0.1, 0.15) is 0 Å². The van der Waals surface area contributed by atoms with Crippen LogP contribution in [-0.4, -0.2) is 19.0 Å². The quantitative estimate of drug-likeness (QED) is 0.812. The molecule has 2 aromatic rings. The van der Waals surface area contributed by atoms with Crippen LogP contribution in [0, 0.1) is 0 Å².